The molecule has 0 aromatic rings. The molecule has 0 N–H and O–H groups in total. The van der Waals surface area contributed by atoms with Gasteiger partial charge < -0.3 is 9.80 Å². The summed E-state index contributed by atoms with van der Waals surface area (Å²) in [7, 11) is 0. The van der Waals surface area contributed by atoms with Crippen molar-refractivity contribution in [1.82, 2.24) is 9.80 Å². The molecule has 1 saturated heterocycles. The highest BCUT2D eigenvalue weighted by molar-refractivity contribution is 6.34. The Balaban J connectivity index is 2.55. The standard InChI is InChI=1S/C13H24N2O2/c1-3-8-14(9-4-2)12(16)13(17)15-10-6-5-7-11-15/h3-11H2,1-2H3. The van der Waals surface area contributed by atoms with Crippen LogP contribution in [0.2, 0.25) is 0 Å². The van der Waals surface area contributed by atoms with Gasteiger partial charge in [-0.25, -0.2) is 0 Å². The zero-order valence-electron chi connectivity index (χ0n) is 11.1. The van der Waals surface area contributed by atoms with Gasteiger partial charge in [0, 0.05) is 26.2 Å². The summed E-state index contributed by atoms with van der Waals surface area (Å²) in [5, 5.41) is 0. The molecule has 0 aliphatic carbocycles. The van der Waals surface area contributed by atoms with Gasteiger partial charge in [0.2, 0.25) is 0 Å². The second-order valence-electron chi connectivity index (χ2n) is 4.65. The first-order valence-electron chi connectivity index (χ1n) is 6.78. The third-order valence-electron chi connectivity index (χ3n) is 3.10. The van der Waals surface area contributed by atoms with E-state index in [-0.39, 0.29) is 11.8 Å². The molecule has 0 spiro atoms. The van der Waals surface area contributed by atoms with Crippen molar-refractivity contribution in [1.29, 1.82) is 0 Å². The molecular weight excluding hydrogens is 216 g/mol. The minimum absolute atomic E-state index is 0.299. The lowest BCUT2D eigenvalue weighted by Crippen LogP contribution is -2.47. The monoisotopic (exact) mass is 240 g/mol. The Morgan fingerprint density at radius 1 is 1.00 bits per heavy atom. The molecule has 0 saturated carbocycles. The Morgan fingerprint density at radius 2 is 1.53 bits per heavy atom. The molecular formula is C13H24N2O2. The van der Waals surface area contributed by atoms with Crippen LogP contribution in [0, 0.1) is 0 Å². The lowest BCUT2D eigenvalue weighted by atomic mass is 10.1. The molecule has 0 bridgehead atoms. The summed E-state index contributed by atoms with van der Waals surface area (Å²) in [5.74, 6) is -0.609. The van der Waals surface area contributed by atoms with Crippen molar-refractivity contribution >= 4 is 11.8 Å². The summed E-state index contributed by atoms with van der Waals surface area (Å²) in [6.45, 7) is 6.93. The maximum atomic E-state index is 12.1. The van der Waals surface area contributed by atoms with Gasteiger partial charge in [-0.05, 0) is 32.1 Å². The van der Waals surface area contributed by atoms with Gasteiger partial charge in [-0.2, -0.15) is 0 Å². The van der Waals surface area contributed by atoms with Crippen LogP contribution in [0.5, 0.6) is 0 Å². The van der Waals surface area contributed by atoms with E-state index in [0.717, 1.165) is 38.8 Å². The molecule has 98 valence electrons. The van der Waals surface area contributed by atoms with Crippen molar-refractivity contribution in [3.05, 3.63) is 0 Å². The average molecular weight is 240 g/mol. The van der Waals surface area contributed by atoms with Crippen molar-refractivity contribution < 1.29 is 9.59 Å². The number of hydrogen-bond acceptors (Lipinski definition) is 2. The van der Waals surface area contributed by atoms with Crippen LogP contribution in [0.15, 0.2) is 0 Å². The van der Waals surface area contributed by atoms with Crippen LogP contribution in [-0.4, -0.2) is 47.8 Å². The van der Waals surface area contributed by atoms with E-state index in [9.17, 15) is 9.59 Å². The summed E-state index contributed by atoms with van der Waals surface area (Å²) >= 11 is 0. The Morgan fingerprint density at radius 3 is 2.00 bits per heavy atom. The molecule has 0 radical (unpaired) electrons. The van der Waals surface area contributed by atoms with Crippen molar-refractivity contribution in [2.75, 3.05) is 26.2 Å². The van der Waals surface area contributed by atoms with Crippen LogP contribution < -0.4 is 0 Å². The summed E-state index contributed by atoms with van der Waals surface area (Å²) in [6, 6.07) is 0. The van der Waals surface area contributed by atoms with E-state index in [2.05, 4.69) is 0 Å². The van der Waals surface area contributed by atoms with Gasteiger partial charge in [0.1, 0.15) is 0 Å². The van der Waals surface area contributed by atoms with E-state index in [1.807, 2.05) is 13.8 Å². The Hall–Kier alpha value is -1.06. The molecule has 0 aromatic carbocycles. The zero-order chi connectivity index (χ0) is 12.7. The maximum Gasteiger partial charge on any atom is 0.312 e. The first kappa shape index (κ1) is 14.0. The van der Waals surface area contributed by atoms with Gasteiger partial charge in [0.25, 0.3) is 0 Å². The normalized spacial score (nSPS) is 15.8. The summed E-state index contributed by atoms with van der Waals surface area (Å²) in [6.07, 6.45) is 5.03. The number of likely N-dealkylation sites (tertiary alicyclic amines) is 1. The Bertz CT molecular complexity index is 254. The fourth-order valence-corrected chi connectivity index (χ4v) is 2.22. The van der Waals surface area contributed by atoms with Crippen molar-refractivity contribution in [2.24, 2.45) is 0 Å². The number of piperidine rings is 1. The molecule has 0 aromatic heterocycles. The van der Waals surface area contributed by atoms with Crippen LogP contribution in [-0.2, 0) is 9.59 Å². The number of carbonyl (C=O) groups excluding carboxylic acids is 2. The highest BCUT2D eigenvalue weighted by Gasteiger charge is 2.26. The topological polar surface area (TPSA) is 40.6 Å². The number of nitrogens with zero attached hydrogens (tertiary/aromatic N) is 2. The summed E-state index contributed by atoms with van der Waals surface area (Å²) in [4.78, 5) is 27.5. The molecule has 4 nitrogen and oxygen atoms in total. The van der Waals surface area contributed by atoms with Crippen LogP contribution >= 0.6 is 0 Å². The predicted octanol–water partition coefficient (Wildman–Crippen LogP) is 1.65. The Labute approximate surface area is 104 Å². The fraction of sp³-hybridized carbons (Fsp3) is 0.846. The lowest BCUT2D eigenvalue weighted by Gasteiger charge is -2.29. The minimum Gasteiger partial charge on any atom is -0.334 e. The maximum absolute atomic E-state index is 12.1. The summed E-state index contributed by atoms with van der Waals surface area (Å²) in [5.41, 5.74) is 0. The van der Waals surface area contributed by atoms with Gasteiger partial charge in [-0.1, -0.05) is 13.8 Å². The van der Waals surface area contributed by atoms with E-state index >= 15 is 0 Å². The second kappa shape index (κ2) is 7.30. The van der Waals surface area contributed by atoms with Gasteiger partial charge in [0.05, 0.1) is 0 Å². The van der Waals surface area contributed by atoms with Crippen LogP contribution in [0.4, 0.5) is 0 Å². The molecule has 1 heterocycles. The first-order chi connectivity index (χ1) is 8.20. The largest absolute Gasteiger partial charge is 0.334 e. The van der Waals surface area contributed by atoms with Crippen LogP contribution in [0.1, 0.15) is 46.0 Å². The minimum atomic E-state index is -0.310. The van der Waals surface area contributed by atoms with E-state index < -0.39 is 0 Å². The van der Waals surface area contributed by atoms with Crippen molar-refractivity contribution in [3.8, 4) is 0 Å². The number of rotatable bonds is 4. The predicted molar refractivity (Wildman–Crippen MR) is 67.6 cm³/mol. The van der Waals surface area contributed by atoms with Gasteiger partial charge in [-0.15, -0.1) is 0 Å². The SMILES string of the molecule is CCCN(CCC)C(=O)C(=O)N1CCCCC1. The quantitative estimate of drug-likeness (QED) is 0.701. The third-order valence-corrected chi connectivity index (χ3v) is 3.10. The van der Waals surface area contributed by atoms with E-state index in [1.165, 1.54) is 6.42 Å². The average Bonchev–Trinajstić information content (AvgIpc) is 2.38. The molecule has 1 rings (SSSR count). The summed E-state index contributed by atoms with van der Waals surface area (Å²) < 4.78 is 0. The van der Waals surface area contributed by atoms with Gasteiger partial charge in [-0.3, -0.25) is 9.59 Å². The third kappa shape index (κ3) is 4.02. The van der Waals surface area contributed by atoms with Crippen LogP contribution in [0.3, 0.4) is 0 Å². The van der Waals surface area contributed by atoms with E-state index in [1.54, 1.807) is 9.80 Å². The first-order valence-corrected chi connectivity index (χ1v) is 6.78. The van der Waals surface area contributed by atoms with Crippen molar-refractivity contribution in [2.45, 2.75) is 46.0 Å². The highest BCUT2D eigenvalue weighted by Crippen LogP contribution is 2.10. The Kier molecular flexibility index (Phi) is 6.01. The van der Waals surface area contributed by atoms with Crippen LogP contribution in [0.25, 0.3) is 0 Å². The zero-order valence-corrected chi connectivity index (χ0v) is 11.1. The lowest BCUT2D eigenvalue weighted by molar-refractivity contribution is -0.152. The smallest absolute Gasteiger partial charge is 0.312 e. The molecule has 2 amide bonds. The molecule has 1 fully saturated rings. The number of carbonyl (C=O) groups is 2. The molecule has 1 aliphatic heterocycles. The molecule has 17 heavy (non-hydrogen) atoms. The second-order valence-corrected chi connectivity index (χ2v) is 4.65. The van der Waals surface area contributed by atoms with Gasteiger partial charge in [0.15, 0.2) is 0 Å². The van der Waals surface area contributed by atoms with E-state index in [0.29, 0.717) is 13.1 Å². The van der Waals surface area contributed by atoms with E-state index in [4.69, 9.17) is 0 Å². The molecule has 0 unspecified atom stereocenters. The number of amides is 2. The van der Waals surface area contributed by atoms with Gasteiger partial charge >= 0.3 is 11.8 Å². The number of hydrogen-bond donors (Lipinski definition) is 0. The molecule has 1 aliphatic rings. The molecule has 4 heteroatoms. The highest BCUT2D eigenvalue weighted by atomic mass is 16.2. The fourth-order valence-electron chi connectivity index (χ4n) is 2.22. The van der Waals surface area contributed by atoms with Crippen molar-refractivity contribution in [3.63, 3.8) is 0 Å². The molecule has 0 atom stereocenters.